The van der Waals surface area contributed by atoms with Gasteiger partial charge in [-0.2, -0.15) is 0 Å². The van der Waals surface area contributed by atoms with E-state index in [1.165, 1.54) is 0 Å². The molecule has 72 valence electrons. The molecular formula is C9H14N2O2. The van der Waals surface area contributed by atoms with Crippen LogP contribution in [0.1, 0.15) is 36.0 Å². The van der Waals surface area contributed by atoms with Crippen LogP contribution in [0.3, 0.4) is 0 Å². The minimum atomic E-state index is -0.162. The molecule has 0 saturated heterocycles. The summed E-state index contributed by atoms with van der Waals surface area (Å²) < 4.78 is 4.78. The molecule has 4 nitrogen and oxygen atoms in total. The molecule has 4 heteroatoms. The van der Waals surface area contributed by atoms with E-state index in [1.807, 2.05) is 0 Å². The maximum atomic E-state index is 11.3. The van der Waals surface area contributed by atoms with Crippen LogP contribution in [0.25, 0.3) is 0 Å². The quantitative estimate of drug-likeness (QED) is 0.718. The van der Waals surface area contributed by atoms with E-state index < -0.39 is 0 Å². The minimum absolute atomic E-state index is 0.162. The van der Waals surface area contributed by atoms with Gasteiger partial charge in [-0.3, -0.25) is 4.79 Å². The zero-order valence-electron chi connectivity index (χ0n) is 7.96. The molecule has 0 radical (unpaired) electrons. The molecule has 0 bridgehead atoms. The van der Waals surface area contributed by atoms with Crippen molar-refractivity contribution in [2.45, 2.75) is 26.7 Å². The molecule has 0 unspecified atom stereocenters. The number of amides is 1. The number of aryl methyl sites for hydroxylation is 1. The zero-order chi connectivity index (χ0) is 9.68. The molecule has 1 N–H and O–H groups in total. The van der Waals surface area contributed by atoms with E-state index in [0.717, 1.165) is 12.8 Å². The van der Waals surface area contributed by atoms with E-state index in [0.29, 0.717) is 18.0 Å². The number of unbranched alkanes of at least 4 members (excludes halogenated alkanes) is 1. The van der Waals surface area contributed by atoms with Gasteiger partial charge in [0.05, 0.1) is 0 Å². The number of hydrogen-bond donors (Lipinski definition) is 1. The molecule has 0 aliphatic carbocycles. The molecule has 0 atom stereocenters. The van der Waals surface area contributed by atoms with E-state index in [-0.39, 0.29) is 5.91 Å². The molecule has 0 aromatic carbocycles. The first-order valence-electron chi connectivity index (χ1n) is 4.45. The molecule has 0 spiro atoms. The molecule has 1 amide bonds. The Hall–Kier alpha value is -1.32. The molecule has 0 saturated carbocycles. The van der Waals surface area contributed by atoms with Gasteiger partial charge in [-0.05, 0) is 13.3 Å². The molecule has 0 aliphatic rings. The number of nitrogens with zero attached hydrogens (tertiary/aromatic N) is 1. The first kappa shape index (κ1) is 9.77. The summed E-state index contributed by atoms with van der Waals surface area (Å²) in [7, 11) is 0. The molecule has 1 aromatic rings. The Morgan fingerprint density at radius 3 is 3.00 bits per heavy atom. The largest absolute Gasteiger partial charge is 0.361 e. The highest BCUT2D eigenvalue weighted by Gasteiger charge is 2.08. The normalized spacial score (nSPS) is 10.0. The summed E-state index contributed by atoms with van der Waals surface area (Å²) in [6.07, 6.45) is 2.06. The second kappa shape index (κ2) is 4.64. The SMILES string of the molecule is CCCCNC(=O)c1cc(C)on1. The average Bonchev–Trinajstić information content (AvgIpc) is 2.52. The van der Waals surface area contributed by atoms with Crippen molar-refractivity contribution < 1.29 is 9.32 Å². The minimum Gasteiger partial charge on any atom is -0.361 e. The first-order valence-corrected chi connectivity index (χ1v) is 4.45. The summed E-state index contributed by atoms with van der Waals surface area (Å²) in [6.45, 7) is 4.53. The van der Waals surface area contributed by atoms with E-state index in [9.17, 15) is 4.79 Å². The van der Waals surface area contributed by atoms with Crippen LogP contribution in [0.2, 0.25) is 0 Å². The van der Waals surface area contributed by atoms with Crippen LogP contribution in [-0.2, 0) is 0 Å². The Morgan fingerprint density at radius 2 is 2.46 bits per heavy atom. The summed E-state index contributed by atoms with van der Waals surface area (Å²) in [5.41, 5.74) is 0.355. The van der Waals surface area contributed by atoms with Gasteiger partial charge in [-0.25, -0.2) is 0 Å². The van der Waals surface area contributed by atoms with Crippen molar-refractivity contribution in [1.82, 2.24) is 10.5 Å². The fourth-order valence-electron chi connectivity index (χ4n) is 0.943. The number of nitrogens with one attached hydrogen (secondary N) is 1. The fourth-order valence-corrected chi connectivity index (χ4v) is 0.943. The van der Waals surface area contributed by atoms with Gasteiger partial charge in [-0.1, -0.05) is 18.5 Å². The maximum Gasteiger partial charge on any atom is 0.273 e. The van der Waals surface area contributed by atoms with Crippen LogP contribution in [0, 0.1) is 6.92 Å². The standard InChI is InChI=1S/C9H14N2O2/c1-3-4-5-10-9(12)8-6-7(2)13-11-8/h6H,3-5H2,1-2H3,(H,10,12). The third-order valence-electron chi connectivity index (χ3n) is 1.68. The van der Waals surface area contributed by atoms with Crippen LogP contribution >= 0.6 is 0 Å². The second-order valence-corrected chi connectivity index (χ2v) is 2.93. The molecule has 0 fully saturated rings. The van der Waals surface area contributed by atoms with Gasteiger partial charge in [0.25, 0.3) is 5.91 Å². The van der Waals surface area contributed by atoms with Gasteiger partial charge in [0.2, 0.25) is 0 Å². The molecule has 13 heavy (non-hydrogen) atoms. The van der Waals surface area contributed by atoms with Crippen LogP contribution in [0.15, 0.2) is 10.6 Å². The molecular weight excluding hydrogens is 168 g/mol. The molecule has 1 rings (SSSR count). The van der Waals surface area contributed by atoms with Crippen molar-refractivity contribution in [2.24, 2.45) is 0 Å². The Labute approximate surface area is 77.3 Å². The van der Waals surface area contributed by atoms with Crippen LogP contribution in [-0.4, -0.2) is 17.6 Å². The molecule has 1 heterocycles. The lowest BCUT2D eigenvalue weighted by Crippen LogP contribution is -2.24. The third-order valence-corrected chi connectivity index (χ3v) is 1.68. The topological polar surface area (TPSA) is 55.1 Å². The van der Waals surface area contributed by atoms with Crippen LogP contribution < -0.4 is 5.32 Å². The van der Waals surface area contributed by atoms with Crippen LogP contribution in [0.5, 0.6) is 0 Å². The van der Waals surface area contributed by atoms with Crippen molar-refractivity contribution in [3.05, 3.63) is 17.5 Å². The monoisotopic (exact) mass is 182 g/mol. The first-order chi connectivity index (χ1) is 6.24. The van der Waals surface area contributed by atoms with Crippen molar-refractivity contribution in [2.75, 3.05) is 6.54 Å². The lowest BCUT2D eigenvalue weighted by molar-refractivity contribution is 0.0944. The molecule has 1 aromatic heterocycles. The Bertz CT molecular complexity index is 281. The highest BCUT2D eigenvalue weighted by atomic mass is 16.5. The summed E-state index contributed by atoms with van der Waals surface area (Å²) in [6, 6.07) is 1.63. The smallest absolute Gasteiger partial charge is 0.273 e. The van der Waals surface area contributed by atoms with E-state index >= 15 is 0 Å². The van der Waals surface area contributed by atoms with E-state index in [2.05, 4.69) is 17.4 Å². The maximum absolute atomic E-state index is 11.3. The summed E-state index contributed by atoms with van der Waals surface area (Å²) in [4.78, 5) is 11.3. The number of hydrogen-bond acceptors (Lipinski definition) is 3. The lowest BCUT2D eigenvalue weighted by Gasteiger charge is -1.99. The third kappa shape index (κ3) is 2.89. The zero-order valence-corrected chi connectivity index (χ0v) is 7.96. The van der Waals surface area contributed by atoms with E-state index in [4.69, 9.17) is 4.52 Å². The Morgan fingerprint density at radius 1 is 1.69 bits per heavy atom. The predicted molar refractivity (Wildman–Crippen MR) is 48.5 cm³/mol. The van der Waals surface area contributed by atoms with Gasteiger partial charge < -0.3 is 9.84 Å². The van der Waals surface area contributed by atoms with Gasteiger partial charge in [0.1, 0.15) is 5.76 Å². The fraction of sp³-hybridized carbons (Fsp3) is 0.556. The summed E-state index contributed by atoms with van der Waals surface area (Å²) in [5.74, 6) is 0.492. The molecule has 0 aliphatic heterocycles. The lowest BCUT2D eigenvalue weighted by atomic mass is 10.3. The number of carbonyl (C=O) groups excluding carboxylic acids is 1. The highest BCUT2D eigenvalue weighted by molar-refractivity contribution is 5.92. The van der Waals surface area contributed by atoms with Gasteiger partial charge in [0.15, 0.2) is 5.69 Å². The van der Waals surface area contributed by atoms with Gasteiger partial charge in [-0.15, -0.1) is 0 Å². The van der Waals surface area contributed by atoms with Gasteiger partial charge >= 0.3 is 0 Å². The van der Waals surface area contributed by atoms with Crippen molar-refractivity contribution in [1.29, 1.82) is 0 Å². The number of carbonyl (C=O) groups is 1. The summed E-state index contributed by atoms with van der Waals surface area (Å²) >= 11 is 0. The highest BCUT2D eigenvalue weighted by Crippen LogP contribution is 2.00. The predicted octanol–water partition coefficient (Wildman–Crippen LogP) is 1.51. The number of rotatable bonds is 4. The number of aromatic nitrogens is 1. The second-order valence-electron chi connectivity index (χ2n) is 2.93. The van der Waals surface area contributed by atoms with E-state index in [1.54, 1.807) is 13.0 Å². The van der Waals surface area contributed by atoms with Crippen LogP contribution in [0.4, 0.5) is 0 Å². The van der Waals surface area contributed by atoms with Crippen molar-refractivity contribution in [3.63, 3.8) is 0 Å². The van der Waals surface area contributed by atoms with Gasteiger partial charge in [0, 0.05) is 12.6 Å². The average molecular weight is 182 g/mol. The van der Waals surface area contributed by atoms with Crippen molar-refractivity contribution in [3.8, 4) is 0 Å². The Balaban J connectivity index is 2.40. The summed E-state index contributed by atoms with van der Waals surface area (Å²) in [5, 5.41) is 6.36. The Kier molecular flexibility index (Phi) is 3.49. The van der Waals surface area contributed by atoms with Crippen molar-refractivity contribution >= 4 is 5.91 Å².